The molecule has 2 N–H and O–H groups in total. The Morgan fingerprint density at radius 2 is 2.04 bits per heavy atom. The molecular formula is C17H14F2N2O3. The lowest BCUT2D eigenvalue weighted by Crippen LogP contribution is -2.09. The molecule has 1 heterocycles. The third-order valence-electron chi connectivity index (χ3n) is 3.79. The quantitative estimate of drug-likeness (QED) is 0.743. The van der Waals surface area contributed by atoms with E-state index in [1.807, 2.05) is 0 Å². The third kappa shape index (κ3) is 2.80. The molecule has 2 aromatic carbocycles. The second kappa shape index (κ2) is 5.92. The Kier molecular flexibility index (Phi) is 3.92. The Morgan fingerprint density at radius 1 is 1.29 bits per heavy atom. The molecule has 1 aromatic heterocycles. The summed E-state index contributed by atoms with van der Waals surface area (Å²) < 4.78 is 33.0. The van der Waals surface area contributed by atoms with Crippen LogP contribution in [0.2, 0.25) is 0 Å². The molecule has 24 heavy (non-hydrogen) atoms. The van der Waals surface area contributed by atoms with Gasteiger partial charge in [-0.3, -0.25) is 4.79 Å². The van der Waals surface area contributed by atoms with Gasteiger partial charge in [-0.15, -0.1) is 0 Å². The van der Waals surface area contributed by atoms with E-state index in [4.69, 9.17) is 9.52 Å². The predicted octanol–water partition coefficient (Wildman–Crippen LogP) is 4.35. The highest BCUT2D eigenvalue weighted by molar-refractivity contribution is 5.81. The molecule has 0 fully saturated rings. The molecule has 0 aliphatic rings. The number of benzene rings is 2. The molecule has 1 unspecified atom stereocenters. The molecule has 0 radical (unpaired) electrons. The molecule has 5 nitrogen and oxygen atoms in total. The molecule has 0 bridgehead atoms. The Balaban J connectivity index is 1.99. The zero-order valence-corrected chi connectivity index (χ0v) is 12.9. The van der Waals surface area contributed by atoms with E-state index >= 15 is 0 Å². The zero-order chi connectivity index (χ0) is 17.4. The Hall–Kier alpha value is -2.96. The van der Waals surface area contributed by atoms with Crippen molar-refractivity contribution in [1.82, 2.24) is 4.98 Å². The number of halogens is 2. The standard InChI is InChI=1S/C17H14F2N2O3/c1-8-7-10(18)3-5-12(8)20-17-21-13-6-4-11(9(2)16(22)23)14(19)15(13)24-17/h3-7,9H,1-2H3,(H,20,21)(H,22,23). The van der Waals surface area contributed by atoms with Crippen molar-refractivity contribution in [1.29, 1.82) is 0 Å². The first kappa shape index (κ1) is 15.9. The minimum atomic E-state index is -1.13. The van der Waals surface area contributed by atoms with Gasteiger partial charge in [-0.05, 0) is 43.7 Å². The molecule has 1 atom stereocenters. The van der Waals surface area contributed by atoms with Crippen LogP contribution in [0.1, 0.15) is 24.0 Å². The fourth-order valence-corrected chi connectivity index (χ4v) is 2.38. The highest BCUT2D eigenvalue weighted by Crippen LogP contribution is 2.30. The number of carbonyl (C=O) groups is 1. The first-order valence-corrected chi connectivity index (χ1v) is 7.21. The molecule has 0 aliphatic carbocycles. The van der Waals surface area contributed by atoms with E-state index in [2.05, 4.69) is 10.3 Å². The van der Waals surface area contributed by atoms with E-state index in [9.17, 15) is 13.6 Å². The van der Waals surface area contributed by atoms with Crippen LogP contribution in [-0.2, 0) is 4.79 Å². The fourth-order valence-electron chi connectivity index (χ4n) is 2.38. The van der Waals surface area contributed by atoms with Crippen molar-refractivity contribution in [2.45, 2.75) is 19.8 Å². The number of fused-ring (bicyclic) bond motifs is 1. The molecule has 0 aliphatic heterocycles. The number of hydrogen-bond acceptors (Lipinski definition) is 4. The number of carboxylic acid groups (broad SMARTS) is 1. The molecule has 0 spiro atoms. The van der Waals surface area contributed by atoms with Crippen LogP contribution in [0.3, 0.4) is 0 Å². The van der Waals surface area contributed by atoms with Gasteiger partial charge in [0, 0.05) is 11.3 Å². The predicted molar refractivity (Wildman–Crippen MR) is 84.4 cm³/mol. The summed E-state index contributed by atoms with van der Waals surface area (Å²) in [5, 5.41) is 11.9. The Labute approximate surface area is 135 Å². The van der Waals surface area contributed by atoms with Gasteiger partial charge in [0.1, 0.15) is 11.3 Å². The number of aliphatic carboxylic acids is 1. The van der Waals surface area contributed by atoms with Crippen LogP contribution >= 0.6 is 0 Å². The fraction of sp³-hybridized carbons (Fsp3) is 0.176. The topological polar surface area (TPSA) is 75.4 Å². The van der Waals surface area contributed by atoms with Crippen molar-refractivity contribution >= 4 is 28.8 Å². The Morgan fingerprint density at radius 3 is 2.71 bits per heavy atom. The van der Waals surface area contributed by atoms with E-state index in [1.165, 1.54) is 37.3 Å². The van der Waals surface area contributed by atoms with Crippen LogP contribution in [0.5, 0.6) is 0 Å². The molecule has 7 heteroatoms. The second-order valence-electron chi connectivity index (χ2n) is 5.48. The lowest BCUT2D eigenvalue weighted by Gasteiger charge is -2.07. The smallest absolute Gasteiger partial charge is 0.310 e. The molecule has 3 aromatic rings. The van der Waals surface area contributed by atoms with Crippen LogP contribution in [0.25, 0.3) is 11.1 Å². The van der Waals surface area contributed by atoms with Crippen LogP contribution in [0.15, 0.2) is 34.7 Å². The number of hydrogen-bond donors (Lipinski definition) is 2. The van der Waals surface area contributed by atoms with Crippen LogP contribution in [-0.4, -0.2) is 16.1 Å². The molecule has 0 amide bonds. The van der Waals surface area contributed by atoms with Crippen molar-refractivity contribution in [3.05, 3.63) is 53.1 Å². The van der Waals surface area contributed by atoms with Gasteiger partial charge in [0.25, 0.3) is 6.01 Å². The maximum atomic E-state index is 14.5. The van der Waals surface area contributed by atoms with Crippen LogP contribution < -0.4 is 5.32 Å². The van der Waals surface area contributed by atoms with Crippen molar-refractivity contribution in [2.75, 3.05) is 5.32 Å². The summed E-state index contributed by atoms with van der Waals surface area (Å²) in [5.74, 6) is -3.25. The average molecular weight is 332 g/mol. The normalized spacial score (nSPS) is 12.3. The lowest BCUT2D eigenvalue weighted by molar-refractivity contribution is -0.138. The summed E-state index contributed by atoms with van der Waals surface area (Å²) in [7, 11) is 0. The van der Waals surface area contributed by atoms with E-state index in [0.717, 1.165) is 0 Å². The minimum Gasteiger partial charge on any atom is -0.481 e. The van der Waals surface area contributed by atoms with Gasteiger partial charge in [-0.1, -0.05) is 6.07 Å². The largest absolute Gasteiger partial charge is 0.481 e. The monoisotopic (exact) mass is 332 g/mol. The van der Waals surface area contributed by atoms with E-state index in [-0.39, 0.29) is 28.5 Å². The van der Waals surface area contributed by atoms with E-state index in [0.29, 0.717) is 11.3 Å². The van der Waals surface area contributed by atoms with Gasteiger partial charge in [0.15, 0.2) is 11.4 Å². The van der Waals surface area contributed by atoms with Gasteiger partial charge in [-0.25, -0.2) is 8.78 Å². The molecular weight excluding hydrogens is 318 g/mol. The summed E-state index contributed by atoms with van der Waals surface area (Å²) in [4.78, 5) is 15.2. The number of carboxylic acids is 1. The Bertz CT molecular complexity index is 937. The van der Waals surface area contributed by atoms with Gasteiger partial charge < -0.3 is 14.8 Å². The maximum Gasteiger partial charge on any atom is 0.310 e. The summed E-state index contributed by atoms with van der Waals surface area (Å²) in [6, 6.07) is 7.07. The van der Waals surface area contributed by atoms with Gasteiger partial charge in [0.05, 0.1) is 5.92 Å². The van der Waals surface area contributed by atoms with Gasteiger partial charge in [-0.2, -0.15) is 4.98 Å². The number of aryl methyl sites for hydroxylation is 1. The highest BCUT2D eigenvalue weighted by Gasteiger charge is 2.22. The minimum absolute atomic E-state index is 0.0238. The SMILES string of the molecule is Cc1cc(F)ccc1Nc1nc2ccc(C(C)C(=O)O)c(F)c2o1. The summed E-state index contributed by atoms with van der Waals surface area (Å²) in [6.45, 7) is 3.10. The first-order valence-electron chi connectivity index (χ1n) is 7.21. The van der Waals surface area contributed by atoms with Gasteiger partial charge in [0.2, 0.25) is 0 Å². The van der Waals surface area contributed by atoms with Crippen molar-refractivity contribution in [3.8, 4) is 0 Å². The summed E-state index contributed by atoms with van der Waals surface area (Å²) in [6.07, 6.45) is 0. The molecule has 124 valence electrons. The van der Waals surface area contributed by atoms with Crippen LogP contribution in [0.4, 0.5) is 20.5 Å². The summed E-state index contributed by atoms with van der Waals surface area (Å²) >= 11 is 0. The number of anilines is 2. The summed E-state index contributed by atoms with van der Waals surface area (Å²) in [5.41, 5.74) is 1.37. The molecule has 0 saturated carbocycles. The van der Waals surface area contributed by atoms with Crippen molar-refractivity contribution in [2.24, 2.45) is 0 Å². The molecule has 0 saturated heterocycles. The second-order valence-corrected chi connectivity index (χ2v) is 5.48. The number of oxazole rings is 1. The number of nitrogens with zero attached hydrogens (tertiary/aromatic N) is 1. The average Bonchev–Trinajstić information content (AvgIpc) is 2.93. The number of nitrogens with one attached hydrogen (secondary N) is 1. The first-order chi connectivity index (χ1) is 11.4. The van der Waals surface area contributed by atoms with E-state index in [1.54, 1.807) is 6.92 Å². The van der Waals surface area contributed by atoms with Crippen molar-refractivity contribution < 1.29 is 23.1 Å². The van der Waals surface area contributed by atoms with Crippen molar-refractivity contribution in [3.63, 3.8) is 0 Å². The lowest BCUT2D eigenvalue weighted by atomic mass is 10.0. The van der Waals surface area contributed by atoms with Crippen LogP contribution in [0, 0.1) is 18.6 Å². The zero-order valence-electron chi connectivity index (χ0n) is 12.9. The number of aromatic nitrogens is 1. The third-order valence-corrected chi connectivity index (χ3v) is 3.79. The maximum absolute atomic E-state index is 14.5. The molecule has 3 rings (SSSR count). The number of rotatable bonds is 4. The van der Waals surface area contributed by atoms with Gasteiger partial charge >= 0.3 is 5.97 Å². The highest BCUT2D eigenvalue weighted by atomic mass is 19.1. The van der Waals surface area contributed by atoms with E-state index < -0.39 is 17.7 Å².